The lowest BCUT2D eigenvalue weighted by atomic mass is 10.2. The van der Waals surface area contributed by atoms with E-state index in [1.807, 2.05) is 11.2 Å². The van der Waals surface area contributed by atoms with Crippen molar-refractivity contribution in [2.75, 3.05) is 18.1 Å². The molecule has 0 aliphatic carbocycles. The number of aromatic nitrogens is 2. The van der Waals surface area contributed by atoms with Crippen molar-refractivity contribution >= 4 is 23.6 Å². The van der Waals surface area contributed by atoms with E-state index in [9.17, 15) is 4.79 Å². The summed E-state index contributed by atoms with van der Waals surface area (Å²) in [5, 5.41) is 3.52. The van der Waals surface area contributed by atoms with Gasteiger partial charge in [-0.05, 0) is 12.7 Å². The first-order valence-electron chi connectivity index (χ1n) is 6.20. The molecule has 0 unspecified atom stereocenters. The van der Waals surface area contributed by atoms with E-state index in [0.717, 1.165) is 31.4 Å². The zero-order valence-corrected chi connectivity index (χ0v) is 11.6. The van der Waals surface area contributed by atoms with E-state index >= 15 is 0 Å². The maximum atomic E-state index is 11.9. The van der Waals surface area contributed by atoms with Crippen LogP contribution in [0.3, 0.4) is 0 Å². The average Bonchev–Trinajstić information content (AvgIpc) is 2.39. The first-order chi connectivity index (χ1) is 8.74. The summed E-state index contributed by atoms with van der Waals surface area (Å²) >= 11 is 1.47. The first-order valence-corrected chi connectivity index (χ1v) is 7.43. The van der Waals surface area contributed by atoms with E-state index < -0.39 is 0 Å². The zero-order chi connectivity index (χ0) is 13.0. The SMILES string of the molecule is CCCCCN1Cc2cnc(SC)nc2NC1=O. The summed E-state index contributed by atoms with van der Waals surface area (Å²) in [6, 6.07) is -0.0515. The fourth-order valence-electron chi connectivity index (χ4n) is 1.90. The van der Waals surface area contributed by atoms with Crippen LogP contribution in [0.25, 0.3) is 0 Å². The monoisotopic (exact) mass is 266 g/mol. The predicted octanol–water partition coefficient (Wildman–Crippen LogP) is 2.74. The quantitative estimate of drug-likeness (QED) is 0.506. The molecule has 0 spiro atoms. The van der Waals surface area contributed by atoms with Crippen LogP contribution >= 0.6 is 11.8 Å². The van der Waals surface area contributed by atoms with Crippen molar-refractivity contribution in [1.82, 2.24) is 14.9 Å². The second kappa shape index (κ2) is 6.04. The molecular weight excluding hydrogens is 248 g/mol. The van der Waals surface area contributed by atoms with Gasteiger partial charge in [-0.15, -0.1) is 0 Å². The zero-order valence-electron chi connectivity index (χ0n) is 10.8. The molecule has 2 rings (SSSR count). The van der Waals surface area contributed by atoms with E-state index in [-0.39, 0.29) is 6.03 Å². The number of unbranched alkanes of at least 4 members (excludes halogenated alkanes) is 2. The Morgan fingerprint density at radius 2 is 2.33 bits per heavy atom. The van der Waals surface area contributed by atoms with Gasteiger partial charge in [-0.3, -0.25) is 5.32 Å². The molecule has 98 valence electrons. The summed E-state index contributed by atoms with van der Waals surface area (Å²) in [7, 11) is 0. The smallest absolute Gasteiger partial charge is 0.320 e. The molecular formula is C12H18N4OS. The molecule has 0 saturated heterocycles. The molecule has 1 aliphatic rings. The molecule has 0 fully saturated rings. The first kappa shape index (κ1) is 13.1. The number of hydrogen-bond acceptors (Lipinski definition) is 4. The van der Waals surface area contributed by atoms with Gasteiger partial charge in [0.05, 0.1) is 6.54 Å². The van der Waals surface area contributed by atoms with Gasteiger partial charge in [0.15, 0.2) is 5.16 Å². The second-order valence-electron chi connectivity index (χ2n) is 4.29. The highest BCUT2D eigenvalue weighted by atomic mass is 32.2. The average molecular weight is 266 g/mol. The summed E-state index contributed by atoms with van der Waals surface area (Å²) in [6.07, 6.45) is 7.08. The molecule has 0 atom stereocenters. The minimum Gasteiger partial charge on any atom is -0.320 e. The normalized spacial score (nSPS) is 14.3. The fraction of sp³-hybridized carbons (Fsp3) is 0.583. The van der Waals surface area contributed by atoms with E-state index in [1.165, 1.54) is 11.8 Å². The molecule has 0 aromatic carbocycles. The maximum absolute atomic E-state index is 11.9. The van der Waals surface area contributed by atoms with Crippen molar-refractivity contribution in [2.24, 2.45) is 0 Å². The minimum atomic E-state index is -0.0515. The minimum absolute atomic E-state index is 0.0515. The highest BCUT2D eigenvalue weighted by Crippen LogP contribution is 2.22. The van der Waals surface area contributed by atoms with Gasteiger partial charge in [0, 0.05) is 18.3 Å². The van der Waals surface area contributed by atoms with Gasteiger partial charge in [0.25, 0.3) is 0 Å². The van der Waals surface area contributed by atoms with Crippen molar-refractivity contribution in [3.05, 3.63) is 11.8 Å². The number of nitrogens with zero attached hydrogens (tertiary/aromatic N) is 3. The number of carbonyl (C=O) groups excluding carboxylic acids is 1. The molecule has 1 aromatic heterocycles. The Morgan fingerprint density at radius 1 is 1.50 bits per heavy atom. The highest BCUT2D eigenvalue weighted by molar-refractivity contribution is 7.98. The lowest BCUT2D eigenvalue weighted by Gasteiger charge is -2.28. The fourth-order valence-corrected chi connectivity index (χ4v) is 2.24. The standard InChI is InChI=1S/C12H18N4OS/c1-3-4-5-6-16-8-9-7-13-11(18-2)14-10(9)15-12(16)17/h7H,3-6,8H2,1-2H3,(H,13,14,15,17). The lowest BCUT2D eigenvalue weighted by molar-refractivity contribution is 0.205. The van der Waals surface area contributed by atoms with Crippen molar-refractivity contribution in [1.29, 1.82) is 0 Å². The van der Waals surface area contributed by atoms with Gasteiger partial charge in [0.2, 0.25) is 0 Å². The molecule has 18 heavy (non-hydrogen) atoms. The van der Waals surface area contributed by atoms with Crippen LogP contribution in [0.15, 0.2) is 11.4 Å². The number of hydrogen-bond donors (Lipinski definition) is 1. The van der Waals surface area contributed by atoms with Crippen LogP contribution in [-0.4, -0.2) is 33.7 Å². The number of anilines is 1. The lowest BCUT2D eigenvalue weighted by Crippen LogP contribution is -2.39. The molecule has 1 aromatic rings. The van der Waals surface area contributed by atoms with Crippen LogP contribution in [0.2, 0.25) is 0 Å². The maximum Gasteiger partial charge on any atom is 0.323 e. The number of nitrogens with one attached hydrogen (secondary N) is 1. The van der Waals surface area contributed by atoms with Gasteiger partial charge >= 0.3 is 6.03 Å². The summed E-state index contributed by atoms with van der Waals surface area (Å²) in [5.41, 5.74) is 0.990. The van der Waals surface area contributed by atoms with Crippen molar-refractivity contribution in [2.45, 2.75) is 37.9 Å². The molecule has 2 heterocycles. The second-order valence-corrected chi connectivity index (χ2v) is 5.06. The number of amides is 2. The van der Waals surface area contributed by atoms with Crippen LogP contribution in [-0.2, 0) is 6.54 Å². The molecule has 2 amide bonds. The Bertz CT molecular complexity index is 438. The molecule has 0 radical (unpaired) electrons. The third-order valence-electron chi connectivity index (χ3n) is 2.93. The Balaban J connectivity index is 2.06. The van der Waals surface area contributed by atoms with Crippen molar-refractivity contribution < 1.29 is 4.79 Å². The highest BCUT2D eigenvalue weighted by Gasteiger charge is 2.23. The molecule has 6 heteroatoms. The molecule has 0 bridgehead atoms. The molecule has 1 N–H and O–H groups in total. The van der Waals surface area contributed by atoms with E-state index in [2.05, 4.69) is 22.2 Å². The van der Waals surface area contributed by atoms with Gasteiger partial charge in [-0.1, -0.05) is 31.5 Å². The van der Waals surface area contributed by atoms with Crippen LogP contribution in [0.4, 0.5) is 10.6 Å². The van der Waals surface area contributed by atoms with Crippen molar-refractivity contribution in [3.63, 3.8) is 0 Å². The van der Waals surface area contributed by atoms with E-state index in [4.69, 9.17) is 0 Å². The summed E-state index contributed by atoms with van der Waals surface area (Å²) in [4.78, 5) is 22.3. The third kappa shape index (κ3) is 2.93. The Hall–Kier alpha value is -1.30. The third-order valence-corrected chi connectivity index (χ3v) is 3.49. The Labute approximate surface area is 111 Å². The summed E-state index contributed by atoms with van der Waals surface area (Å²) in [5.74, 6) is 0.658. The number of carbonyl (C=O) groups is 1. The topological polar surface area (TPSA) is 58.1 Å². The van der Waals surface area contributed by atoms with Gasteiger partial charge in [-0.2, -0.15) is 0 Å². The van der Waals surface area contributed by atoms with E-state index in [1.54, 1.807) is 6.20 Å². The Morgan fingerprint density at radius 3 is 3.06 bits per heavy atom. The summed E-state index contributed by atoms with van der Waals surface area (Å²) in [6.45, 7) is 3.56. The Kier molecular flexibility index (Phi) is 4.41. The van der Waals surface area contributed by atoms with Crippen LogP contribution in [0, 0.1) is 0 Å². The van der Waals surface area contributed by atoms with Gasteiger partial charge in [-0.25, -0.2) is 14.8 Å². The molecule has 0 saturated carbocycles. The largest absolute Gasteiger partial charge is 0.323 e. The predicted molar refractivity (Wildman–Crippen MR) is 72.8 cm³/mol. The number of thioether (sulfide) groups is 1. The van der Waals surface area contributed by atoms with E-state index in [0.29, 0.717) is 17.5 Å². The van der Waals surface area contributed by atoms with Crippen LogP contribution < -0.4 is 5.32 Å². The molecule has 5 nitrogen and oxygen atoms in total. The molecule has 1 aliphatic heterocycles. The van der Waals surface area contributed by atoms with Gasteiger partial charge < -0.3 is 4.90 Å². The van der Waals surface area contributed by atoms with Crippen LogP contribution in [0.1, 0.15) is 31.7 Å². The van der Waals surface area contributed by atoms with Crippen LogP contribution in [0.5, 0.6) is 0 Å². The van der Waals surface area contributed by atoms with Crippen molar-refractivity contribution in [3.8, 4) is 0 Å². The van der Waals surface area contributed by atoms with Gasteiger partial charge in [0.1, 0.15) is 5.82 Å². The number of fused-ring (bicyclic) bond motifs is 1. The summed E-state index contributed by atoms with van der Waals surface area (Å²) < 4.78 is 0. The number of urea groups is 1. The number of rotatable bonds is 5.